The van der Waals surface area contributed by atoms with Gasteiger partial charge < -0.3 is 9.47 Å². The van der Waals surface area contributed by atoms with Crippen LogP contribution in [0.25, 0.3) is 0 Å². The van der Waals surface area contributed by atoms with E-state index in [1.54, 1.807) is 32.0 Å². The third-order valence-corrected chi connectivity index (χ3v) is 5.28. The molecule has 30 heavy (non-hydrogen) atoms. The highest BCUT2D eigenvalue weighted by Crippen LogP contribution is 2.60. The molecule has 1 aliphatic carbocycles. The van der Waals surface area contributed by atoms with Gasteiger partial charge in [-0.05, 0) is 41.7 Å². The first-order valence-corrected chi connectivity index (χ1v) is 9.37. The highest BCUT2D eigenvalue weighted by molar-refractivity contribution is 6.30. The van der Waals surface area contributed by atoms with Crippen LogP contribution in [0.2, 0.25) is 0 Å². The Morgan fingerprint density at radius 3 is 2.50 bits per heavy atom. The summed E-state index contributed by atoms with van der Waals surface area (Å²) in [7, 11) is 0. The first kappa shape index (κ1) is 22.1. The van der Waals surface area contributed by atoms with Crippen molar-refractivity contribution in [3.63, 3.8) is 0 Å². The Kier molecular flexibility index (Phi) is 6.08. The number of rotatable bonds is 6. The molecule has 2 atom stereocenters. The molecule has 4 nitrogen and oxygen atoms in total. The minimum atomic E-state index is -4.65. The first-order chi connectivity index (χ1) is 14.0. The number of carbonyl (C=O) groups is 1. The zero-order chi connectivity index (χ0) is 22.1. The van der Waals surface area contributed by atoms with Gasteiger partial charge in [0.25, 0.3) is 0 Å². The van der Waals surface area contributed by atoms with E-state index in [1.807, 2.05) is 0 Å². The maximum atomic E-state index is 13.0. The van der Waals surface area contributed by atoms with Crippen molar-refractivity contribution in [2.75, 3.05) is 0 Å². The van der Waals surface area contributed by atoms with Crippen molar-refractivity contribution in [1.29, 1.82) is 0 Å². The molecule has 0 unspecified atom stereocenters. The van der Waals surface area contributed by atoms with Gasteiger partial charge in [0.15, 0.2) is 0 Å². The maximum Gasteiger partial charge on any atom is 0.426 e. The second kappa shape index (κ2) is 8.26. The van der Waals surface area contributed by atoms with Crippen molar-refractivity contribution in [1.82, 2.24) is 4.98 Å². The predicted molar refractivity (Wildman–Crippen MR) is 101 cm³/mol. The predicted octanol–water partition coefficient (Wildman–Crippen LogP) is 6.01. The number of alkyl halides is 3. The molecule has 1 aromatic carbocycles. The van der Waals surface area contributed by atoms with Crippen molar-refractivity contribution >= 4 is 17.6 Å². The molecule has 1 aromatic heterocycles. The number of benzene rings is 1. The first-order valence-electron chi connectivity index (χ1n) is 8.99. The number of hydrogen-bond acceptors (Lipinski definition) is 4. The van der Waals surface area contributed by atoms with Gasteiger partial charge in [0.2, 0.25) is 5.88 Å². The summed E-state index contributed by atoms with van der Waals surface area (Å²) in [5.41, 5.74) is -0.300. The Hall–Kier alpha value is -2.61. The fourth-order valence-electron chi connectivity index (χ4n) is 3.14. The topological polar surface area (TPSA) is 48.4 Å². The molecule has 0 radical (unpaired) electrons. The second-order valence-corrected chi connectivity index (χ2v) is 7.88. The van der Waals surface area contributed by atoms with Crippen LogP contribution in [-0.4, -0.2) is 17.1 Å². The molecule has 0 aliphatic heterocycles. The minimum absolute atomic E-state index is 0.171. The van der Waals surface area contributed by atoms with E-state index < -0.39 is 40.2 Å². The van der Waals surface area contributed by atoms with Gasteiger partial charge in [0.05, 0.1) is 11.6 Å². The van der Waals surface area contributed by atoms with E-state index in [2.05, 4.69) is 4.98 Å². The maximum absolute atomic E-state index is 13.0. The Morgan fingerprint density at radius 1 is 1.20 bits per heavy atom. The summed E-state index contributed by atoms with van der Waals surface area (Å²) in [6.45, 7) is 3.18. The van der Waals surface area contributed by atoms with Crippen LogP contribution in [0.15, 0.2) is 53.6 Å². The van der Waals surface area contributed by atoms with Crippen LogP contribution in [0.3, 0.4) is 0 Å². The average molecular weight is 444 g/mol. The number of pyridine rings is 1. The molecular formula is C21H18ClF4NO3. The van der Waals surface area contributed by atoms with Gasteiger partial charge in [-0.3, -0.25) is 4.79 Å². The zero-order valence-electron chi connectivity index (χ0n) is 16.0. The van der Waals surface area contributed by atoms with Crippen LogP contribution in [0, 0.1) is 23.1 Å². The molecule has 1 fully saturated rings. The number of esters is 1. The summed E-state index contributed by atoms with van der Waals surface area (Å²) in [6, 6.07) is 10.2. The van der Waals surface area contributed by atoms with Gasteiger partial charge in [-0.1, -0.05) is 37.6 Å². The third kappa shape index (κ3) is 5.11. The smallest absolute Gasteiger partial charge is 0.426 e. The SMILES string of the molecule is CC1(C)[C@H](C=C(Cl)C(F)(F)F)[C@@H]1C(=O)OCc1cccc(Oc2ccc(F)cc2)n1. The Bertz CT molecular complexity index is 957. The van der Waals surface area contributed by atoms with Gasteiger partial charge in [0, 0.05) is 6.07 Å². The fraction of sp³-hybridized carbons (Fsp3) is 0.333. The van der Waals surface area contributed by atoms with Crippen molar-refractivity contribution in [3.05, 3.63) is 65.1 Å². The molecule has 1 heterocycles. The number of hydrogen-bond donors (Lipinski definition) is 0. The van der Waals surface area contributed by atoms with E-state index in [0.717, 1.165) is 6.08 Å². The summed E-state index contributed by atoms with van der Waals surface area (Å²) in [5.74, 6) is -1.82. The molecule has 9 heteroatoms. The molecule has 2 aromatic rings. The summed E-state index contributed by atoms with van der Waals surface area (Å²) >= 11 is 5.29. The lowest BCUT2D eigenvalue weighted by atomic mass is 10.1. The van der Waals surface area contributed by atoms with Crippen molar-refractivity contribution in [3.8, 4) is 11.6 Å². The third-order valence-electron chi connectivity index (χ3n) is 4.94. The average Bonchev–Trinajstić information content (AvgIpc) is 3.21. The zero-order valence-corrected chi connectivity index (χ0v) is 16.8. The lowest BCUT2D eigenvalue weighted by Crippen LogP contribution is -2.11. The van der Waals surface area contributed by atoms with Crippen LogP contribution in [0.5, 0.6) is 11.6 Å². The normalized spacial score (nSPS) is 20.6. The van der Waals surface area contributed by atoms with E-state index in [9.17, 15) is 22.4 Å². The van der Waals surface area contributed by atoms with Crippen molar-refractivity contribution in [2.24, 2.45) is 17.3 Å². The molecule has 0 N–H and O–H groups in total. The van der Waals surface area contributed by atoms with E-state index in [1.165, 1.54) is 24.3 Å². The molecule has 0 spiro atoms. The molecule has 3 rings (SSSR count). The van der Waals surface area contributed by atoms with E-state index >= 15 is 0 Å². The number of carbonyl (C=O) groups excluding carboxylic acids is 1. The Balaban J connectivity index is 1.60. The molecule has 0 amide bonds. The molecule has 1 aliphatic rings. The highest BCUT2D eigenvalue weighted by Gasteiger charge is 2.62. The number of halogens is 5. The van der Waals surface area contributed by atoms with Crippen molar-refractivity contribution in [2.45, 2.75) is 26.6 Å². The van der Waals surface area contributed by atoms with E-state index in [0.29, 0.717) is 11.4 Å². The highest BCUT2D eigenvalue weighted by atomic mass is 35.5. The van der Waals surface area contributed by atoms with Crippen LogP contribution in [0.4, 0.5) is 17.6 Å². The Labute approximate surface area is 175 Å². The molecule has 160 valence electrons. The van der Waals surface area contributed by atoms with Gasteiger partial charge in [0.1, 0.15) is 23.2 Å². The van der Waals surface area contributed by atoms with Gasteiger partial charge in [-0.2, -0.15) is 13.2 Å². The lowest BCUT2D eigenvalue weighted by Gasteiger charge is -2.08. The Morgan fingerprint density at radius 2 is 1.87 bits per heavy atom. The van der Waals surface area contributed by atoms with Gasteiger partial charge >= 0.3 is 12.1 Å². The van der Waals surface area contributed by atoms with Gasteiger partial charge in [-0.25, -0.2) is 9.37 Å². The fourth-order valence-corrected chi connectivity index (χ4v) is 3.28. The number of ether oxygens (including phenoxy) is 2. The molecule has 0 bridgehead atoms. The van der Waals surface area contributed by atoms with E-state index in [4.69, 9.17) is 21.1 Å². The molecule has 0 saturated heterocycles. The number of aromatic nitrogens is 1. The standard InChI is InChI=1S/C21H18ClF4NO3/c1-20(2)15(10-16(22)21(24,25)26)18(20)19(28)29-11-13-4-3-5-17(27-13)30-14-8-6-12(23)7-9-14/h3-10,15,18H,11H2,1-2H3/t15-,18-/m1/s1. The number of nitrogens with zero attached hydrogens (tertiary/aromatic N) is 1. The summed E-state index contributed by atoms with van der Waals surface area (Å²) in [6.07, 6.45) is -3.79. The number of allylic oxidation sites excluding steroid dienone is 2. The van der Waals surface area contributed by atoms with Crippen LogP contribution in [-0.2, 0) is 16.1 Å². The van der Waals surface area contributed by atoms with Crippen molar-refractivity contribution < 1.29 is 31.8 Å². The quantitative estimate of drug-likeness (QED) is 0.405. The summed E-state index contributed by atoms with van der Waals surface area (Å²) in [4.78, 5) is 16.6. The van der Waals surface area contributed by atoms with Crippen LogP contribution >= 0.6 is 11.6 Å². The van der Waals surface area contributed by atoms with Crippen LogP contribution in [0.1, 0.15) is 19.5 Å². The monoisotopic (exact) mass is 443 g/mol. The largest absolute Gasteiger partial charge is 0.459 e. The summed E-state index contributed by atoms with van der Waals surface area (Å²) in [5, 5.41) is -1.25. The second-order valence-electron chi connectivity index (χ2n) is 7.47. The summed E-state index contributed by atoms with van der Waals surface area (Å²) < 4.78 is 61.7. The van der Waals surface area contributed by atoms with E-state index in [-0.39, 0.29) is 12.5 Å². The molecular weight excluding hydrogens is 426 g/mol. The van der Waals surface area contributed by atoms with Gasteiger partial charge in [-0.15, -0.1) is 0 Å². The van der Waals surface area contributed by atoms with Crippen LogP contribution < -0.4 is 4.74 Å². The molecule has 1 saturated carbocycles. The lowest BCUT2D eigenvalue weighted by molar-refractivity contribution is -0.147. The minimum Gasteiger partial charge on any atom is -0.459 e.